The van der Waals surface area contributed by atoms with Crippen molar-refractivity contribution >= 4 is 5.97 Å². The van der Waals surface area contributed by atoms with Crippen molar-refractivity contribution in [2.75, 3.05) is 13.7 Å². The van der Waals surface area contributed by atoms with Crippen LogP contribution in [0.2, 0.25) is 0 Å². The normalized spacial score (nSPS) is 10.8. The standard InChI is InChI=1S/C27H30O4/c1-20-9-5-6-13-24(20)26-18-22(14-15-25(26)27(28)29)19-31-16-7-3-4-10-21-11-8-12-23(17-21)30-2/h5-6,8-9,11-15,17-18H,3-4,7,10,16,19H2,1-2H3,(H,28,29). The van der Waals surface area contributed by atoms with E-state index in [1.807, 2.05) is 55.5 Å². The molecule has 0 aliphatic heterocycles. The van der Waals surface area contributed by atoms with E-state index >= 15 is 0 Å². The molecule has 0 saturated heterocycles. The van der Waals surface area contributed by atoms with E-state index in [1.54, 1.807) is 13.2 Å². The maximum Gasteiger partial charge on any atom is 0.336 e. The summed E-state index contributed by atoms with van der Waals surface area (Å²) in [6.45, 7) is 3.17. The van der Waals surface area contributed by atoms with Crippen molar-refractivity contribution in [2.24, 2.45) is 0 Å². The summed E-state index contributed by atoms with van der Waals surface area (Å²) in [5.74, 6) is -0.0124. The van der Waals surface area contributed by atoms with Gasteiger partial charge in [-0.05, 0) is 78.3 Å². The molecule has 0 aliphatic rings. The maximum absolute atomic E-state index is 11.7. The van der Waals surface area contributed by atoms with Gasteiger partial charge in [0.1, 0.15) is 5.75 Å². The van der Waals surface area contributed by atoms with Gasteiger partial charge in [-0.25, -0.2) is 4.79 Å². The first-order chi connectivity index (χ1) is 15.1. The second kappa shape index (κ2) is 11.3. The van der Waals surface area contributed by atoms with Crippen LogP contribution in [0.3, 0.4) is 0 Å². The zero-order chi connectivity index (χ0) is 22.1. The van der Waals surface area contributed by atoms with Gasteiger partial charge in [0.25, 0.3) is 0 Å². The van der Waals surface area contributed by atoms with Crippen LogP contribution in [-0.2, 0) is 17.8 Å². The third-order valence-corrected chi connectivity index (χ3v) is 5.41. The van der Waals surface area contributed by atoms with Crippen LogP contribution in [0, 0.1) is 6.92 Å². The Bertz CT molecular complexity index is 1010. The molecule has 1 N–H and O–H groups in total. The van der Waals surface area contributed by atoms with E-state index in [1.165, 1.54) is 5.56 Å². The highest BCUT2D eigenvalue weighted by Crippen LogP contribution is 2.28. The zero-order valence-corrected chi connectivity index (χ0v) is 18.3. The van der Waals surface area contributed by atoms with Crippen LogP contribution in [0.25, 0.3) is 11.1 Å². The van der Waals surface area contributed by atoms with Gasteiger partial charge in [-0.15, -0.1) is 0 Å². The van der Waals surface area contributed by atoms with Gasteiger partial charge < -0.3 is 14.6 Å². The van der Waals surface area contributed by atoms with Crippen LogP contribution in [0.4, 0.5) is 0 Å². The van der Waals surface area contributed by atoms with Crippen molar-refractivity contribution in [3.05, 3.63) is 89.0 Å². The number of hydrogen-bond donors (Lipinski definition) is 1. The van der Waals surface area contributed by atoms with Gasteiger partial charge in [0.2, 0.25) is 0 Å². The van der Waals surface area contributed by atoms with Crippen molar-refractivity contribution in [3.8, 4) is 16.9 Å². The van der Waals surface area contributed by atoms with Gasteiger partial charge in [0.15, 0.2) is 0 Å². The number of aryl methyl sites for hydroxylation is 2. The fraction of sp³-hybridized carbons (Fsp3) is 0.296. The Labute approximate surface area is 184 Å². The number of hydrogen-bond acceptors (Lipinski definition) is 3. The monoisotopic (exact) mass is 418 g/mol. The predicted molar refractivity (Wildman–Crippen MR) is 124 cm³/mol. The number of carboxylic acids is 1. The molecule has 0 radical (unpaired) electrons. The summed E-state index contributed by atoms with van der Waals surface area (Å²) >= 11 is 0. The summed E-state index contributed by atoms with van der Waals surface area (Å²) in [7, 11) is 1.69. The molecule has 0 fully saturated rings. The fourth-order valence-corrected chi connectivity index (χ4v) is 3.69. The molecule has 3 aromatic rings. The van der Waals surface area contributed by atoms with Crippen LogP contribution in [0.5, 0.6) is 5.75 Å². The van der Waals surface area contributed by atoms with Gasteiger partial charge in [0, 0.05) is 6.61 Å². The van der Waals surface area contributed by atoms with Crippen LogP contribution >= 0.6 is 0 Å². The van der Waals surface area contributed by atoms with E-state index in [2.05, 4.69) is 12.1 Å². The molecule has 0 heterocycles. The highest BCUT2D eigenvalue weighted by Gasteiger charge is 2.14. The van der Waals surface area contributed by atoms with Crippen molar-refractivity contribution in [3.63, 3.8) is 0 Å². The average molecular weight is 419 g/mol. The van der Waals surface area contributed by atoms with Crippen molar-refractivity contribution in [1.29, 1.82) is 0 Å². The maximum atomic E-state index is 11.7. The molecule has 3 rings (SSSR count). The number of unbranched alkanes of at least 4 members (excludes halogenated alkanes) is 2. The summed E-state index contributed by atoms with van der Waals surface area (Å²) in [6, 6.07) is 21.5. The van der Waals surface area contributed by atoms with E-state index in [0.717, 1.165) is 53.7 Å². The Balaban J connectivity index is 1.49. The topological polar surface area (TPSA) is 55.8 Å². The molecule has 0 aliphatic carbocycles. The number of aromatic carboxylic acids is 1. The first-order valence-corrected chi connectivity index (χ1v) is 10.7. The molecule has 0 amide bonds. The lowest BCUT2D eigenvalue weighted by molar-refractivity contribution is 0.0697. The van der Waals surface area contributed by atoms with E-state index in [-0.39, 0.29) is 0 Å². The summed E-state index contributed by atoms with van der Waals surface area (Å²) in [6.07, 6.45) is 4.25. The minimum Gasteiger partial charge on any atom is -0.497 e. The summed E-state index contributed by atoms with van der Waals surface area (Å²) < 4.78 is 11.1. The number of carbonyl (C=O) groups is 1. The number of carboxylic acid groups (broad SMARTS) is 1. The minimum atomic E-state index is -0.915. The Kier molecular flexibility index (Phi) is 8.25. The van der Waals surface area contributed by atoms with Crippen molar-refractivity contribution in [2.45, 2.75) is 39.2 Å². The average Bonchev–Trinajstić information content (AvgIpc) is 2.78. The number of benzene rings is 3. The Morgan fingerprint density at radius 2 is 1.71 bits per heavy atom. The first kappa shape index (κ1) is 22.6. The molecule has 4 heteroatoms. The molecule has 31 heavy (non-hydrogen) atoms. The Morgan fingerprint density at radius 3 is 2.48 bits per heavy atom. The largest absolute Gasteiger partial charge is 0.497 e. The number of ether oxygens (including phenoxy) is 2. The van der Waals surface area contributed by atoms with Crippen LogP contribution in [0.15, 0.2) is 66.7 Å². The lowest BCUT2D eigenvalue weighted by Gasteiger charge is -2.12. The van der Waals surface area contributed by atoms with Gasteiger partial charge in [0.05, 0.1) is 19.3 Å². The quantitative estimate of drug-likeness (QED) is 0.371. The molecule has 0 spiro atoms. The fourth-order valence-electron chi connectivity index (χ4n) is 3.69. The SMILES string of the molecule is COc1cccc(CCCCCOCc2ccc(C(=O)O)c(-c3ccccc3C)c2)c1. The smallest absolute Gasteiger partial charge is 0.336 e. The summed E-state index contributed by atoms with van der Waals surface area (Å²) in [5, 5.41) is 9.58. The van der Waals surface area contributed by atoms with Crippen LogP contribution < -0.4 is 4.74 Å². The molecule has 0 unspecified atom stereocenters. The molecule has 0 atom stereocenters. The molecular weight excluding hydrogens is 388 g/mol. The molecule has 162 valence electrons. The second-order valence-corrected chi connectivity index (χ2v) is 7.71. The lowest BCUT2D eigenvalue weighted by atomic mass is 9.94. The number of methoxy groups -OCH3 is 1. The van der Waals surface area contributed by atoms with E-state index < -0.39 is 5.97 Å². The predicted octanol–water partition coefficient (Wildman–Crippen LogP) is 6.30. The zero-order valence-electron chi connectivity index (χ0n) is 18.3. The molecule has 0 aromatic heterocycles. The van der Waals surface area contributed by atoms with Crippen molar-refractivity contribution in [1.82, 2.24) is 0 Å². The third-order valence-electron chi connectivity index (χ3n) is 5.41. The molecule has 0 bridgehead atoms. The van der Waals surface area contributed by atoms with Gasteiger partial charge in [-0.1, -0.05) is 48.9 Å². The third kappa shape index (κ3) is 6.43. The van der Waals surface area contributed by atoms with Gasteiger partial charge in [-0.3, -0.25) is 0 Å². The molecule has 3 aromatic carbocycles. The van der Waals surface area contributed by atoms with Crippen molar-refractivity contribution < 1.29 is 19.4 Å². The van der Waals surface area contributed by atoms with Crippen LogP contribution in [-0.4, -0.2) is 24.8 Å². The van der Waals surface area contributed by atoms with E-state index in [9.17, 15) is 9.90 Å². The summed E-state index contributed by atoms with van der Waals surface area (Å²) in [5.41, 5.74) is 5.33. The Hall–Kier alpha value is -3.11. The van der Waals surface area contributed by atoms with Crippen LogP contribution in [0.1, 0.15) is 46.3 Å². The summed E-state index contributed by atoms with van der Waals surface area (Å²) in [4.78, 5) is 11.7. The van der Waals surface area contributed by atoms with E-state index in [0.29, 0.717) is 18.8 Å². The van der Waals surface area contributed by atoms with Gasteiger partial charge in [-0.2, -0.15) is 0 Å². The van der Waals surface area contributed by atoms with Gasteiger partial charge >= 0.3 is 5.97 Å². The Morgan fingerprint density at radius 1 is 0.871 bits per heavy atom. The molecule has 0 saturated carbocycles. The molecular formula is C27H30O4. The molecule has 4 nitrogen and oxygen atoms in total. The minimum absolute atomic E-state index is 0.315. The highest BCUT2D eigenvalue weighted by molar-refractivity contribution is 5.96. The number of rotatable bonds is 11. The first-order valence-electron chi connectivity index (χ1n) is 10.7. The lowest BCUT2D eigenvalue weighted by Crippen LogP contribution is -2.03. The van der Waals surface area contributed by atoms with E-state index in [4.69, 9.17) is 9.47 Å². The second-order valence-electron chi connectivity index (χ2n) is 7.71. The highest BCUT2D eigenvalue weighted by atomic mass is 16.5.